The minimum absolute atomic E-state index is 0.0224. The van der Waals surface area contributed by atoms with Crippen molar-refractivity contribution in [2.24, 2.45) is 0 Å². The summed E-state index contributed by atoms with van der Waals surface area (Å²) >= 11 is 0. The molecule has 4 atom stereocenters. The Balaban J connectivity index is 1.52. The molecule has 0 aliphatic carbocycles. The minimum atomic E-state index is -0.0703. The number of nitrogens with zero attached hydrogens (tertiary/aromatic N) is 3. The molecule has 3 heterocycles. The lowest BCUT2D eigenvalue weighted by molar-refractivity contribution is -0.00757. The van der Waals surface area contributed by atoms with Gasteiger partial charge in [0.15, 0.2) is 0 Å². The summed E-state index contributed by atoms with van der Waals surface area (Å²) in [5, 5.41) is 12.4. The summed E-state index contributed by atoms with van der Waals surface area (Å²) < 4.78 is 17.0. The normalized spacial score (nSPS) is 27.7. The summed E-state index contributed by atoms with van der Waals surface area (Å²) in [6.45, 7) is 1.05. The number of benzene rings is 1. The van der Waals surface area contributed by atoms with Crippen molar-refractivity contribution in [2.45, 2.75) is 24.4 Å². The van der Waals surface area contributed by atoms with Gasteiger partial charge in [-0.2, -0.15) is 5.26 Å². The minimum Gasteiger partial charge on any atom is -0.376 e. The van der Waals surface area contributed by atoms with Crippen LogP contribution in [0.4, 0.5) is 5.95 Å². The van der Waals surface area contributed by atoms with Gasteiger partial charge in [0.25, 0.3) is 0 Å². The highest BCUT2D eigenvalue weighted by molar-refractivity contribution is 5.62. The summed E-state index contributed by atoms with van der Waals surface area (Å²) in [4.78, 5) is 8.86. The average molecular weight is 338 g/mol. The fraction of sp³-hybridized carbons (Fsp3) is 0.389. The molecule has 0 radical (unpaired) electrons. The van der Waals surface area contributed by atoms with Crippen LogP contribution >= 0.6 is 0 Å². The molecule has 0 spiro atoms. The zero-order chi connectivity index (χ0) is 17.2. The molecule has 1 aromatic carbocycles. The molecule has 4 rings (SSSR count). The molecule has 2 fully saturated rings. The van der Waals surface area contributed by atoms with Crippen LogP contribution in [0.2, 0.25) is 0 Å². The summed E-state index contributed by atoms with van der Waals surface area (Å²) in [6.07, 6.45) is 1.54. The van der Waals surface area contributed by atoms with Crippen molar-refractivity contribution in [2.75, 3.05) is 25.6 Å². The highest BCUT2D eigenvalue weighted by Crippen LogP contribution is 2.30. The van der Waals surface area contributed by atoms with Crippen LogP contribution < -0.4 is 5.32 Å². The second-order valence-electron chi connectivity index (χ2n) is 6.08. The van der Waals surface area contributed by atoms with Gasteiger partial charge in [0, 0.05) is 18.9 Å². The van der Waals surface area contributed by atoms with Gasteiger partial charge in [-0.1, -0.05) is 12.1 Å². The number of rotatable bonds is 4. The van der Waals surface area contributed by atoms with Crippen molar-refractivity contribution in [3.8, 4) is 17.3 Å². The van der Waals surface area contributed by atoms with E-state index in [1.165, 1.54) is 0 Å². The molecule has 0 amide bonds. The number of nitrogens with one attached hydrogen (secondary N) is 1. The number of hydrogen-bond acceptors (Lipinski definition) is 7. The molecule has 2 saturated heterocycles. The number of ether oxygens (including phenoxy) is 3. The molecule has 1 N–H and O–H groups in total. The van der Waals surface area contributed by atoms with E-state index in [1.807, 2.05) is 24.3 Å². The molecule has 4 unspecified atom stereocenters. The number of anilines is 1. The first kappa shape index (κ1) is 16.0. The Morgan fingerprint density at radius 1 is 1.24 bits per heavy atom. The number of aromatic nitrogens is 2. The maximum Gasteiger partial charge on any atom is 0.223 e. The molecule has 7 nitrogen and oxygen atoms in total. The first-order valence-corrected chi connectivity index (χ1v) is 8.14. The number of fused-ring (bicyclic) bond motifs is 1. The Bertz CT molecular complexity index is 807. The molecule has 2 aliphatic rings. The number of hydrogen-bond donors (Lipinski definition) is 1. The molecule has 128 valence electrons. The van der Waals surface area contributed by atoms with E-state index in [2.05, 4.69) is 21.4 Å². The van der Waals surface area contributed by atoms with Gasteiger partial charge in [0.05, 0.1) is 36.6 Å². The van der Waals surface area contributed by atoms with Crippen LogP contribution in [0.15, 0.2) is 36.5 Å². The fourth-order valence-electron chi connectivity index (χ4n) is 3.29. The van der Waals surface area contributed by atoms with Crippen molar-refractivity contribution in [1.82, 2.24) is 9.97 Å². The van der Waals surface area contributed by atoms with Gasteiger partial charge in [-0.25, -0.2) is 9.97 Å². The Morgan fingerprint density at radius 3 is 2.96 bits per heavy atom. The lowest BCUT2D eigenvalue weighted by atomic mass is 10.1. The summed E-state index contributed by atoms with van der Waals surface area (Å²) in [6, 6.07) is 11.3. The van der Waals surface area contributed by atoms with Crippen LogP contribution in [0.3, 0.4) is 0 Å². The van der Waals surface area contributed by atoms with Gasteiger partial charge in [0.2, 0.25) is 5.95 Å². The zero-order valence-electron chi connectivity index (χ0n) is 13.8. The third-order valence-corrected chi connectivity index (χ3v) is 4.57. The summed E-state index contributed by atoms with van der Waals surface area (Å²) in [5.74, 6) is 0.513. The van der Waals surface area contributed by atoms with Gasteiger partial charge in [0.1, 0.15) is 18.3 Å². The van der Waals surface area contributed by atoms with E-state index >= 15 is 0 Å². The SMILES string of the molecule is COC1COC2C(Nc3nccc(-c4cccc(C#N)c4)n3)COC12. The smallest absolute Gasteiger partial charge is 0.223 e. The molecular weight excluding hydrogens is 320 g/mol. The standard InChI is InChI=1S/C18H18N4O3/c1-23-15-10-25-16-14(9-24-17(15)16)22-18-20-6-5-13(21-18)12-4-2-3-11(7-12)8-19/h2-7,14-17H,9-10H2,1H3,(H,20,21,22). The quantitative estimate of drug-likeness (QED) is 0.906. The second-order valence-corrected chi connectivity index (χ2v) is 6.08. The molecule has 2 aromatic rings. The van der Waals surface area contributed by atoms with Gasteiger partial charge < -0.3 is 19.5 Å². The third-order valence-electron chi connectivity index (χ3n) is 4.57. The zero-order valence-corrected chi connectivity index (χ0v) is 13.8. The van der Waals surface area contributed by atoms with Gasteiger partial charge >= 0.3 is 0 Å². The molecular formula is C18H18N4O3. The van der Waals surface area contributed by atoms with Gasteiger partial charge in [-0.3, -0.25) is 0 Å². The second kappa shape index (κ2) is 6.76. The van der Waals surface area contributed by atoms with Gasteiger partial charge in [-0.15, -0.1) is 0 Å². The van der Waals surface area contributed by atoms with Crippen molar-refractivity contribution in [3.05, 3.63) is 42.1 Å². The van der Waals surface area contributed by atoms with E-state index in [9.17, 15) is 0 Å². The topological polar surface area (TPSA) is 89.3 Å². The van der Waals surface area contributed by atoms with E-state index in [1.54, 1.807) is 19.4 Å². The predicted octanol–water partition coefficient (Wildman–Crippen LogP) is 1.61. The predicted molar refractivity (Wildman–Crippen MR) is 89.9 cm³/mol. The van der Waals surface area contributed by atoms with Crippen LogP contribution in [-0.2, 0) is 14.2 Å². The van der Waals surface area contributed by atoms with E-state index in [4.69, 9.17) is 19.5 Å². The fourth-order valence-corrected chi connectivity index (χ4v) is 3.29. The van der Waals surface area contributed by atoms with E-state index in [-0.39, 0.29) is 24.4 Å². The molecule has 25 heavy (non-hydrogen) atoms. The van der Waals surface area contributed by atoms with E-state index in [0.29, 0.717) is 24.7 Å². The molecule has 1 aromatic heterocycles. The molecule has 7 heteroatoms. The monoisotopic (exact) mass is 338 g/mol. The van der Waals surface area contributed by atoms with E-state index in [0.717, 1.165) is 11.3 Å². The lowest BCUT2D eigenvalue weighted by Gasteiger charge is -2.17. The first-order valence-electron chi connectivity index (χ1n) is 8.14. The van der Waals surface area contributed by atoms with Crippen LogP contribution in [-0.4, -0.2) is 54.6 Å². The maximum atomic E-state index is 9.05. The summed E-state index contributed by atoms with van der Waals surface area (Å²) in [7, 11) is 1.67. The number of methoxy groups -OCH3 is 1. The first-order chi connectivity index (χ1) is 12.3. The van der Waals surface area contributed by atoms with E-state index < -0.39 is 0 Å². The Labute approximate surface area is 145 Å². The van der Waals surface area contributed by atoms with Crippen LogP contribution in [0.25, 0.3) is 11.3 Å². The van der Waals surface area contributed by atoms with Gasteiger partial charge in [-0.05, 0) is 18.2 Å². The van der Waals surface area contributed by atoms with Crippen molar-refractivity contribution < 1.29 is 14.2 Å². The molecule has 0 saturated carbocycles. The van der Waals surface area contributed by atoms with Crippen LogP contribution in [0.5, 0.6) is 0 Å². The largest absolute Gasteiger partial charge is 0.376 e. The average Bonchev–Trinajstić information content (AvgIpc) is 3.25. The highest BCUT2D eigenvalue weighted by Gasteiger charge is 2.48. The Hall–Kier alpha value is -2.53. The molecule has 0 bridgehead atoms. The Morgan fingerprint density at radius 2 is 2.12 bits per heavy atom. The van der Waals surface area contributed by atoms with Crippen LogP contribution in [0, 0.1) is 11.3 Å². The third kappa shape index (κ3) is 3.07. The van der Waals surface area contributed by atoms with Crippen molar-refractivity contribution >= 4 is 5.95 Å². The lowest BCUT2D eigenvalue weighted by Crippen LogP contribution is -2.36. The highest BCUT2D eigenvalue weighted by atomic mass is 16.6. The maximum absolute atomic E-state index is 9.05. The summed E-state index contributed by atoms with van der Waals surface area (Å²) in [5.41, 5.74) is 2.23. The van der Waals surface area contributed by atoms with Crippen molar-refractivity contribution in [1.29, 1.82) is 5.26 Å². The Kier molecular flexibility index (Phi) is 4.32. The number of nitriles is 1. The van der Waals surface area contributed by atoms with Crippen LogP contribution in [0.1, 0.15) is 5.56 Å². The van der Waals surface area contributed by atoms with Crippen molar-refractivity contribution in [3.63, 3.8) is 0 Å². The molecule has 2 aliphatic heterocycles.